The van der Waals surface area contributed by atoms with Crippen LogP contribution in [0.4, 0.5) is 5.69 Å². The van der Waals surface area contributed by atoms with Crippen LogP contribution in [0.3, 0.4) is 0 Å². The molecule has 0 atom stereocenters. The maximum absolute atomic E-state index is 12.1. The Morgan fingerprint density at radius 2 is 1.76 bits per heavy atom. The lowest BCUT2D eigenvalue weighted by atomic mass is 9.86. The summed E-state index contributed by atoms with van der Waals surface area (Å²) in [6, 6.07) is 7.65. The molecule has 1 aliphatic rings. The molecule has 25 heavy (non-hydrogen) atoms. The van der Waals surface area contributed by atoms with E-state index in [0.717, 1.165) is 37.1 Å². The highest BCUT2D eigenvalue weighted by atomic mass is 16.6. The summed E-state index contributed by atoms with van der Waals surface area (Å²) in [6.45, 7) is 5.69. The fourth-order valence-electron chi connectivity index (χ4n) is 2.88. The van der Waals surface area contributed by atoms with Gasteiger partial charge in [0, 0.05) is 5.69 Å². The summed E-state index contributed by atoms with van der Waals surface area (Å²) in [4.78, 5) is 16.7. The number of methoxy groups -OCH3 is 1. The highest BCUT2D eigenvalue weighted by Gasteiger charge is 2.29. The number of carbonyl (C=O) groups excluding carboxylic acids is 1. The van der Waals surface area contributed by atoms with Crippen LogP contribution < -0.4 is 15.8 Å². The minimum Gasteiger partial charge on any atom is -0.497 e. The smallest absolute Gasteiger partial charge is 0.309 e. The predicted molar refractivity (Wildman–Crippen MR) is 99.8 cm³/mol. The van der Waals surface area contributed by atoms with Crippen LogP contribution in [0.5, 0.6) is 5.75 Å². The lowest BCUT2D eigenvalue weighted by Gasteiger charge is -2.28. The standard InChI is InChI=1S/C19H29N3O3/c1-19(2,3)25-17(23)13-5-7-14(8-6-13)21-18(20)22-15-9-11-16(24-4)12-10-15/h9-14H,5-8H2,1-4H3,(H3,20,21,22). The Labute approximate surface area is 149 Å². The van der Waals surface area contributed by atoms with Crippen LogP contribution in [-0.2, 0) is 9.53 Å². The maximum Gasteiger partial charge on any atom is 0.309 e. The van der Waals surface area contributed by atoms with Crippen molar-refractivity contribution in [1.82, 2.24) is 0 Å². The second kappa shape index (κ2) is 8.23. The number of hydrogen-bond donors (Lipinski definition) is 2. The molecule has 0 saturated heterocycles. The SMILES string of the molecule is COc1ccc(NC(N)=NC2CCC(C(=O)OC(C)(C)C)CC2)cc1. The van der Waals surface area contributed by atoms with Crippen molar-refractivity contribution in [2.24, 2.45) is 16.6 Å². The number of ether oxygens (including phenoxy) is 2. The summed E-state index contributed by atoms with van der Waals surface area (Å²) in [5.74, 6) is 1.06. The molecule has 0 radical (unpaired) electrons. The zero-order valence-corrected chi connectivity index (χ0v) is 15.5. The van der Waals surface area contributed by atoms with Gasteiger partial charge in [0.15, 0.2) is 5.96 Å². The maximum atomic E-state index is 12.1. The van der Waals surface area contributed by atoms with E-state index in [2.05, 4.69) is 10.3 Å². The van der Waals surface area contributed by atoms with Crippen molar-refractivity contribution in [2.45, 2.75) is 58.1 Å². The number of carbonyl (C=O) groups is 1. The molecule has 1 aliphatic carbocycles. The van der Waals surface area contributed by atoms with Crippen molar-refractivity contribution in [2.75, 3.05) is 12.4 Å². The number of guanidine groups is 1. The molecule has 1 aromatic rings. The van der Waals surface area contributed by atoms with E-state index in [4.69, 9.17) is 15.2 Å². The monoisotopic (exact) mass is 347 g/mol. The van der Waals surface area contributed by atoms with Gasteiger partial charge in [-0.1, -0.05) is 0 Å². The van der Waals surface area contributed by atoms with Gasteiger partial charge < -0.3 is 20.5 Å². The minimum absolute atomic E-state index is 0.0264. The van der Waals surface area contributed by atoms with Gasteiger partial charge in [-0.15, -0.1) is 0 Å². The van der Waals surface area contributed by atoms with Crippen molar-refractivity contribution in [1.29, 1.82) is 0 Å². The zero-order chi connectivity index (χ0) is 18.4. The van der Waals surface area contributed by atoms with Gasteiger partial charge in [-0.3, -0.25) is 4.79 Å². The molecule has 2 rings (SSSR count). The summed E-state index contributed by atoms with van der Waals surface area (Å²) in [6.07, 6.45) is 3.27. The number of rotatable bonds is 4. The van der Waals surface area contributed by atoms with E-state index >= 15 is 0 Å². The molecule has 6 heteroatoms. The number of hydrogen-bond acceptors (Lipinski definition) is 4. The largest absolute Gasteiger partial charge is 0.497 e. The van der Waals surface area contributed by atoms with Gasteiger partial charge in [-0.05, 0) is 70.7 Å². The Morgan fingerprint density at radius 1 is 1.16 bits per heavy atom. The number of anilines is 1. The molecule has 0 aliphatic heterocycles. The number of aliphatic imine (C=N–C) groups is 1. The lowest BCUT2D eigenvalue weighted by molar-refractivity contribution is -0.161. The molecule has 138 valence electrons. The van der Waals surface area contributed by atoms with E-state index in [1.54, 1.807) is 7.11 Å². The fourth-order valence-corrected chi connectivity index (χ4v) is 2.88. The Bertz CT molecular complexity index is 597. The number of nitrogens with one attached hydrogen (secondary N) is 1. The first-order chi connectivity index (χ1) is 11.8. The van der Waals surface area contributed by atoms with E-state index in [0.29, 0.717) is 5.96 Å². The topological polar surface area (TPSA) is 85.9 Å². The third-order valence-corrected chi connectivity index (χ3v) is 4.12. The fraction of sp³-hybridized carbons (Fsp3) is 0.579. The van der Waals surface area contributed by atoms with E-state index in [-0.39, 0.29) is 17.9 Å². The van der Waals surface area contributed by atoms with Crippen molar-refractivity contribution in [3.63, 3.8) is 0 Å². The van der Waals surface area contributed by atoms with Crippen LogP contribution in [0.2, 0.25) is 0 Å². The molecule has 3 N–H and O–H groups in total. The Morgan fingerprint density at radius 3 is 2.28 bits per heavy atom. The zero-order valence-electron chi connectivity index (χ0n) is 15.5. The van der Waals surface area contributed by atoms with Crippen molar-refractivity contribution >= 4 is 17.6 Å². The molecular weight excluding hydrogens is 318 g/mol. The van der Waals surface area contributed by atoms with Gasteiger partial charge in [0.25, 0.3) is 0 Å². The van der Waals surface area contributed by atoms with Gasteiger partial charge in [-0.25, -0.2) is 4.99 Å². The highest BCUT2D eigenvalue weighted by molar-refractivity contribution is 5.92. The molecule has 0 amide bonds. The molecule has 1 saturated carbocycles. The summed E-state index contributed by atoms with van der Waals surface area (Å²) >= 11 is 0. The highest BCUT2D eigenvalue weighted by Crippen LogP contribution is 2.28. The average Bonchev–Trinajstić information content (AvgIpc) is 2.54. The average molecular weight is 347 g/mol. The minimum atomic E-state index is -0.432. The quantitative estimate of drug-likeness (QED) is 0.496. The summed E-state index contributed by atoms with van der Waals surface area (Å²) < 4.78 is 10.6. The van der Waals surface area contributed by atoms with Crippen LogP contribution in [0.25, 0.3) is 0 Å². The first-order valence-electron chi connectivity index (χ1n) is 8.74. The predicted octanol–water partition coefficient (Wildman–Crippen LogP) is 3.32. The Kier molecular flexibility index (Phi) is 6.28. The first-order valence-corrected chi connectivity index (χ1v) is 8.74. The van der Waals surface area contributed by atoms with Gasteiger partial charge in [0.2, 0.25) is 0 Å². The Balaban J connectivity index is 1.83. The molecule has 0 aromatic heterocycles. The van der Waals surface area contributed by atoms with E-state index < -0.39 is 5.60 Å². The Hall–Kier alpha value is -2.24. The third-order valence-electron chi connectivity index (χ3n) is 4.12. The van der Waals surface area contributed by atoms with Gasteiger partial charge in [0.1, 0.15) is 11.4 Å². The second-order valence-electron chi connectivity index (χ2n) is 7.41. The van der Waals surface area contributed by atoms with Gasteiger partial charge >= 0.3 is 5.97 Å². The first kappa shape index (κ1) is 19.1. The molecule has 1 aromatic carbocycles. The summed E-state index contributed by atoms with van der Waals surface area (Å²) in [7, 11) is 1.63. The lowest BCUT2D eigenvalue weighted by Crippen LogP contribution is -2.32. The molecule has 0 bridgehead atoms. The molecule has 0 unspecified atom stereocenters. The number of esters is 1. The second-order valence-corrected chi connectivity index (χ2v) is 7.41. The van der Waals surface area contributed by atoms with Gasteiger partial charge in [-0.2, -0.15) is 0 Å². The van der Waals surface area contributed by atoms with Crippen molar-refractivity contribution in [3.8, 4) is 5.75 Å². The van der Waals surface area contributed by atoms with E-state index in [1.165, 1.54) is 0 Å². The van der Waals surface area contributed by atoms with Crippen molar-refractivity contribution in [3.05, 3.63) is 24.3 Å². The van der Waals surface area contributed by atoms with Crippen LogP contribution in [-0.4, -0.2) is 30.7 Å². The van der Waals surface area contributed by atoms with Crippen LogP contribution in [0.15, 0.2) is 29.3 Å². The van der Waals surface area contributed by atoms with Gasteiger partial charge in [0.05, 0.1) is 19.1 Å². The molecule has 1 fully saturated rings. The molecule has 0 heterocycles. The normalized spacial score (nSPS) is 21.5. The molecular formula is C19H29N3O3. The molecule has 0 spiro atoms. The summed E-state index contributed by atoms with van der Waals surface area (Å²) in [5, 5.41) is 3.09. The number of nitrogens with zero attached hydrogens (tertiary/aromatic N) is 1. The molecule has 6 nitrogen and oxygen atoms in total. The van der Waals surface area contributed by atoms with Crippen LogP contribution in [0.1, 0.15) is 46.5 Å². The van der Waals surface area contributed by atoms with Crippen LogP contribution >= 0.6 is 0 Å². The number of nitrogens with two attached hydrogens (primary N) is 1. The van der Waals surface area contributed by atoms with Crippen molar-refractivity contribution < 1.29 is 14.3 Å². The third kappa shape index (κ3) is 6.29. The number of benzene rings is 1. The van der Waals surface area contributed by atoms with Crippen LogP contribution in [0, 0.1) is 5.92 Å². The van der Waals surface area contributed by atoms with E-state index in [9.17, 15) is 4.79 Å². The van der Waals surface area contributed by atoms with E-state index in [1.807, 2.05) is 45.0 Å². The summed E-state index contributed by atoms with van der Waals surface area (Å²) in [5.41, 5.74) is 6.43.